The van der Waals surface area contributed by atoms with Crippen LogP contribution in [0.2, 0.25) is 0 Å². The quantitative estimate of drug-likeness (QED) is 0.494. The molecule has 7 nitrogen and oxygen atoms in total. The van der Waals surface area contributed by atoms with Gasteiger partial charge in [0.2, 0.25) is 0 Å². The smallest absolute Gasteiger partial charge is 0.263 e. The van der Waals surface area contributed by atoms with Crippen molar-refractivity contribution in [2.75, 3.05) is 23.6 Å². The molecule has 0 fully saturated rings. The molecule has 0 spiro atoms. The maximum atomic E-state index is 13.3. The molecule has 1 aromatic heterocycles. The number of sulfonamides is 1. The molecule has 1 amide bonds. The van der Waals surface area contributed by atoms with Crippen LogP contribution in [-0.2, 0) is 16.4 Å². The van der Waals surface area contributed by atoms with E-state index in [1.165, 1.54) is 12.1 Å². The fraction of sp³-hybridized carbons (Fsp3) is 0.143. The highest BCUT2D eigenvalue weighted by molar-refractivity contribution is 7.92. The predicted octanol–water partition coefficient (Wildman–Crippen LogP) is 3.17. The van der Waals surface area contributed by atoms with Crippen LogP contribution < -0.4 is 15.4 Å². The SMILES string of the molecule is CNC(=O)c1cccc(CCNc2ccc(S(=O)(=O)Nc3cc(F)cc(F)c3)cn2)c1. The van der Waals surface area contributed by atoms with Gasteiger partial charge in [0.25, 0.3) is 15.9 Å². The third kappa shape index (κ3) is 5.98. The van der Waals surface area contributed by atoms with Gasteiger partial charge in [0.1, 0.15) is 22.3 Å². The Labute approximate surface area is 178 Å². The maximum Gasteiger partial charge on any atom is 0.263 e. The van der Waals surface area contributed by atoms with E-state index in [4.69, 9.17) is 0 Å². The maximum absolute atomic E-state index is 13.3. The number of aromatic nitrogens is 1. The molecule has 3 rings (SSSR count). The summed E-state index contributed by atoms with van der Waals surface area (Å²) in [5.74, 6) is -1.49. The molecule has 31 heavy (non-hydrogen) atoms. The summed E-state index contributed by atoms with van der Waals surface area (Å²) in [5.41, 5.74) is 1.30. The van der Waals surface area contributed by atoms with Gasteiger partial charge < -0.3 is 10.6 Å². The molecule has 0 bridgehead atoms. The third-order valence-corrected chi connectivity index (χ3v) is 5.66. The fourth-order valence-electron chi connectivity index (χ4n) is 2.82. The molecule has 2 aromatic carbocycles. The Morgan fingerprint density at radius 2 is 1.77 bits per heavy atom. The number of amides is 1. The van der Waals surface area contributed by atoms with Crippen molar-refractivity contribution in [3.8, 4) is 0 Å². The van der Waals surface area contributed by atoms with E-state index in [2.05, 4.69) is 20.3 Å². The fourth-order valence-corrected chi connectivity index (χ4v) is 3.80. The number of rotatable bonds is 8. The molecule has 162 valence electrons. The number of carbonyl (C=O) groups is 1. The summed E-state index contributed by atoms with van der Waals surface area (Å²) in [5, 5.41) is 5.65. The number of nitrogens with one attached hydrogen (secondary N) is 3. The van der Waals surface area contributed by atoms with Crippen molar-refractivity contribution in [1.82, 2.24) is 10.3 Å². The van der Waals surface area contributed by atoms with E-state index in [1.54, 1.807) is 25.2 Å². The lowest BCUT2D eigenvalue weighted by molar-refractivity contribution is 0.0963. The summed E-state index contributed by atoms with van der Waals surface area (Å²) in [6, 6.07) is 12.4. The number of nitrogens with zero attached hydrogens (tertiary/aromatic N) is 1. The first-order valence-electron chi connectivity index (χ1n) is 9.27. The van der Waals surface area contributed by atoms with Gasteiger partial charge in [-0.2, -0.15) is 0 Å². The van der Waals surface area contributed by atoms with E-state index >= 15 is 0 Å². The Morgan fingerprint density at radius 1 is 1.03 bits per heavy atom. The third-order valence-electron chi connectivity index (χ3n) is 4.30. The zero-order chi connectivity index (χ0) is 22.4. The first-order chi connectivity index (χ1) is 14.8. The van der Waals surface area contributed by atoms with Gasteiger partial charge in [-0.3, -0.25) is 9.52 Å². The summed E-state index contributed by atoms with van der Waals surface area (Å²) in [4.78, 5) is 15.6. The zero-order valence-corrected chi connectivity index (χ0v) is 17.3. The van der Waals surface area contributed by atoms with E-state index < -0.39 is 21.7 Å². The van der Waals surface area contributed by atoms with Crippen molar-refractivity contribution < 1.29 is 22.0 Å². The predicted molar refractivity (Wildman–Crippen MR) is 113 cm³/mol. The average Bonchev–Trinajstić information content (AvgIpc) is 2.72. The van der Waals surface area contributed by atoms with Gasteiger partial charge in [-0.05, 0) is 48.4 Å². The summed E-state index contributed by atoms with van der Waals surface area (Å²) < 4.78 is 53.4. The van der Waals surface area contributed by atoms with E-state index in [0.717, 1.165) is 23.9 Å². The Balaban J connectivity index is 1.60. The molecule has 1 heterocycles. The van der Waals surface area contributed by atoms with Crippen LogP contribution in [0.1, 0.15) is 15.9 Å². The minimum absolute atomic E-state index is 0.152. The van der Waals surface area contributed by atoms with E-state index in [-0.39, 0.29) is 16.5 Å². The van der Waals surface area contributed by atoms with Gasteiger partial charge in [-0.1, -0.05) is 12.1 Å². The lowest BCUT2D eigenvalue weighted by Crippen LogP contribution is -2.18. The van der Waals surface area contributed by atoms with Crippen LogP contribution >= 0.6 is 0 Å². The normalized spacial score (nSPS) is 11.1. The molecular weight excluding hydrogens is 426 g/mol. The Morgan fingerprint density at radius 3 is 2.42 bits per heavy atom. The molecule has 0 aliphatic heterocycles. The van der Waals surface area contributed by atoms with Gasteiger partial charge in [-0.25, -0.2) is 22.2 Å². The first kappa shape index (κ1) is 22.2. The van der Waals surface area contributed by atoms with Gasteiger partial charge in [-0.15, -0.1) is 0 Å². The molecule has 0 saturated heterocycles. The molecule has 0 aliphatic rings. The van der Waals surface area contributed by atoms with Crippen LogP contribution in [0.25, 0.3) is 0 Å². The van der Waals surface area contributed by atoms with Gasteiger partial charge in [0.15, 0.2) is 0 Å². The highest BCUT2D eigenvalue weighted by Gasteiger charge is 2.16. The van der Waals surface area contributed by atoms with Crippen LogP contribution in [0, 0.1) is 11.6 Å². The number of hydrogen-bond donors (Lipinski definition) is 3. The number of benzene rings is 2. The lowest BCUT2D eigenvalue weighted by Gasteiger charge is -2.10. The molecule has 10 heteroatoms. The van der Waals surface area contributed by atoms with Crippen molar-refractivity contribution in [3.05, 3.63) is 83.6 Å². The Bertz CT molecular complexity index is 1170. The number of pyridine rings is 1. The highest BCUT2D eigenvalue weighted by Crippen LogP contribution is 2.19. The average molecular weight is 446 g/mol. The first-order valence-corrected chi connectivity index (χ1v) is 10.7. The van der Waals surface area contributed by atoms with Crippen molar-refractivity contribution >= 4 is 27.4 Å². The second-order valence-electron chi connectivity index (χ2n) is 6.60. The van der Waals surface area contributed by atoms with Gasteiger partial charge in [0, 0.05) is 31.4 Å². The van der Waals surface area contributed by atoms with Crippen molar-refractivity contribution in [2.45, 2.75) is 11.3 Å². The molecule has 3 N–H and O–H groups in total. The van der Waals surface area contributed by atoms with Crippen LogP contribution in [0.15, 0.2) is 65.7 Å². The Kier molecular flexibility index (Phi) is 6.81. The summed E-state index contributed by atoms with van der Waals surface area (Å²) in [6.45, 7) is 0.511. The molecule has 0 saturated carbocycles. The van der Waals surface area contributed by atoms with Gasteiger partial charge >= 0.3 is 0 Å². The number of anilines is 2. The number of hydrogen-bond acceptors (Lipinski definition) is 5. The monoisotopic (exact) mass is 446 g/mol. The van der Waals surface area contributed by atoms with Crippen LogP contribution in [0.5, 0.6) is 0 Å². The summed E-state index contributed by atoms with van der Waals surface area (Å²) in [6.07, 6.45) is 1.77. The van der Waals surface area contributed by atoms with Crippen LogP contribution in [0.4, 0.5) is 20.3 Å². The highest BCUT2D eigenvalue weighted by atomic mass is 32.2. The molecule has 0 radical (unpaired) electrons. The standard InChI is InChI=1S/C21H20F2N4O3S/c1-24-21(28)15-4-2-3-14(9-15)7-8-25-20-6-5-19(13-26-20)31(29,30)27-18-11-16(22)10-17(23)12-18/h2-6,9-13,27H,7-8H2,1H3,(H,24,28)(H,25,26). The molecule has 0 aliphatic carbocycles. The minimum Gasteiger partial charge on any atom is -0.370 e. The molecule has 3 aromatic rings. The van der Waals surface area contributed by atoms with E-state index in [1.807, 2.05) is 6.07 Å². The zero-order valence-electron chi connectivity index (χ0n) is 16.5. The second kappa shape index (κ2) is 9.52. The Hall–Kier alpha value is -3.53. The summed E-state index contributed by atoms with van der Waals surface area (Å²) >= 11 is 0. The van der Waals surface area contributed by atoms with Crippen LogP contribution in [0.3, 0.4) is 0 Å². The minimum atomic E-state index is -4.05. The van der Waals surface area contributed by atoms with Crippen molar-refractivity contribution in [1.29, 1.82) is 0 Å². The number of halogens is 2. The van der Waals surface area contributed by atoms with Crippen molar-refractivity contribution in [2.24, 2.45) is 0 Å². The van der Waals surface area contributed by atoms with Crippen LogP contribution in [-0.4, -0.2) is 32.9 Å². The molecule has 0 unspecified atom stereocenters. The van der Waals surface area contributed by atoms with E-state index in [0.29, 0.717) is 30.4 Å². The summed E-state index contributed by atoms with van der Waals surface area (Å²) in [7, 11) is -2.49. The number of carbonyl (C=O) groups excluding carboxylic acids is 1. The molecular formula is C21H20F2N4O3S. The largest absolute Gasteiger partial charge is 0.370 e. The topological polar surface area (TPSA) is 100 Å². The lowest BCUT2D eigenvalue weighted by atomic mass is 10.1. The second-order valence-corrected chi connectivity index (χ2v) is 8.28. The van der Waals surface area contributed by atoms with Gasteiger partial charge in [0.05, 0.1) is 5.69 Å². The van der Waals surface area contributed by atoms with Crippen molar-refractivity contribution in [3.63, 3.8) is 0 Å². The molecule has 0 atom stereocenters. The van der Waals surface area contributed by atoms with E-state index in [9.17, 15) is 22.0 Å².